The number of nitrogens with zero attached hydrogens (tertiary/aromatic N) is 1. The first-order valence-electron chi connectivity index (χ1n) is 5.53. The summed E-state index contributed by atoms with van der Waals surface area (Å²) in [5, 5.41) is 2.54. The molecule has 2 heteroatoms. The highest BCUT2D eigenvalue weighted by molar-refractivity contribution is 9.10. The van der Waals surface area contributed by atoms with E-state index in [-0.39, 0.29) is 0 Å². The minimum absolute atomic E-state index is 1.11. The Morgan fingerprint density at radius 2 is 1.71 bits per heavy atom. The number of rotatable bonds is 1. The standard InChI is InChI=1S/C15H12BrN/c1-3-17-14-6-4-10(2)8-12(14)13-9-11(16)5-7-15(13)17/h3-9H,1H2,2H3. The van der Waals surface area contributed by atoms with Crippen molar-refractivity contribution >= 4 is 43.9 Å². The zero-order valence-corrected chi connectivity index (χ0v) is 11.2. The first-order valence-corrected chi connectivity index (χ1v) is 6.32. The van der Waals surface area contributed by atoms with Gasteiger partial charge in [-0.25, -0.2) is 0 Å². The maximum Gasteiger partial charge on any atom is 0.0535 e. The molecular weight excluding hydrogens is 274 g/mol. The minimum atomic E-state index is 1.11. The van der Waals surface area contributed by atoms with Gasteiger partial charge in [-0.3, -0.25) is 0 Å². The normalized spacial score (nSPS) is 11.2. The van der Waals surface area contributed by atoms with Crippen molar-refractivity contribution in [3.05, 3.63) is 53.0 Å². The fourth-order valence-electron chi connectivity index (χ4n) is 2.34. The zero-order chi connectivity index (χ0) is 12.0. The van der Waals surface area contributed by atoms with Gasteiger partial charge in [-0.05, 0) is 37.3 Å². The van der Waals surface area contributed by atoms with Gasteiger partial charge in [0, 0.05) is 21.4 Å². The summed E-state index contributed by atoms with van der Waals surface area (Å²) >= 11 is 3.53. The maximum atomic E-state index is 3.90. The van der Waals surface area contributed by atoms with E-state index in [9.17, 15) is 0 Å². The molecule has 84 valence electrons. The summed E-state index contributed by atoms with van der Waals surface area (Å²) in [6, 6.07) is 12.9. The number of aryl methyl sites for hydroxylation is 1. The average Bonchev–Trinajstić information content (AvgIpc) is 2.62. The molecule has 1 heterocycles. The first kappa shape index (κ1) is 10.6. The van der Waals surface area contributed by atoms with E-state index >= 15 is 0 Å². The van der Waals surface area contributed by atoms with Crippen LogP contribution in [0.1, 0.15) is 5.56 Å². The summed E-state index contributed by atoms with van der Waals surface area (Å²) in [4.78, 5) is 0. The fraction of sp³-hybridized carbons (Fsp3) is 0.0667. The quantitative estimate of drug-likeness (QED) is 0.595. The lowest BCUT2D eigenvalue weighted by atomic mass is 10.1. The van der Waals surface area contributed by atoms with Crippen LogP contribution in [0.2, 0.25) is 0 Å². The van der Waals surface area contributed by atoms with Crippen molar-refractivity contribution in [2.24, 2.45) is 0 Å². The van der Waals surface area contributed by atoms with Crippen LogP contribution in [0.5, 0.6) is 0 Å². The zero-order valence-electron chi connectivity index (χ0n) is 9.57. The van der Waals surface area contributed by atoms with Crippen LogP contribution in [0.25, 0.3) is 28.0 Å². The highest BCUT2D eigenvalue weighted by Gasteiger charge is 2.08. The third-order valence-corrected chi connectivity index (χ3v) is 3.60. The van der Waals surface area contributed by atoms with Gasteiger partial charge in [0.1, 0.15) is 0 Å². The Labute approximate surface area is 108 Å². The molecule has 3 aromatic rings. The fourth-order valence-corrected chi connectivity index (χ4v) is 2.70. The van der Waals surface area contributed by atoms with Crippen molar-refractivity contribution in [3.63, 3.8) is 0 Å². The summed E-state index contributed by atoms with van der Waals surface area (Å²) in [6.45, 7) is 6.02. The minimum Gasteiger partial charge on any atom is -0.317 e. The molecule has 0 radical (unpaired) electrons. The van der Waals surface area contributed by atoms with Crippen LogP contribution >= 0.6 is 15.9 Å². The van der Waals surface area contributed by atoms with E-state index in [1.807, 2.05) is 6.20 Å². The molecule has 0 aliphatic rings. The Morgan fingerprint density at radius 3 is 2.41 bits per heavy atom. The van der Waals surface area contributed by atoms with Gasteiger partial charge in [-0.2, -0.15) is 0 Å². The molecule has 0 spiro atoms. The van der Waals surface area contributed by atoms with Crippen molar-refractivity contribution in [3.8, 4) is 0 Å². The van der Waals surface area contributed by atoms with Crippen molar-refractivity contribution in [2.45, 2.75) is 6.92 Å². The molecule has 0 aliphatic heterocycles. The lowest BCUT2D eigenvalue weighted by Crippen LogP contribution is -1.83. The number of hydrogen-bond donors (Lipinski definition) is 0. The second kappa shape index (κ2) is 3.74. The van der Waals surface area contributed by atoms with Gasteiger partial charge in [0.05, 0.1) is 11.0 Å². The molecule has 1 nitrogen and oxygen atoms in total. The summed E-state index contributed by atoms with van der Waals surface area (Å²) in [5.74, 6) is 0. The number of fused-ring (bicyclic) bond motifs is 3. The molecule has 17 heavy (non-hydrogen) atoms. The topological polar surface area (TPSA) is 4.93 Å². The summed E-state index contributed by atoms with van der Waals surface area (Å²) in [5.41, 5.74) is 3.68. The molecule has 0 atom stereocenters. The lowest BCUT2D eigenvalue weighted by molar-refractivity contribution is 1.29. The van der Waals surface area contributed by atoms with Gasteiger partial charge in [-0.15, -0.1) is 0 Å². The van der Waals surface area contributed by atoms with E-state index in [0.29, 0.717) is 0 Å². The SMILES string of the molecule is C=Cn1c2ccc(C)cc2c2cc(Br)ccc21. The van der Waals surface area contributed by atoms with Crippen molar-refractivity contribution in [1.82, 2.24) is 4.57 Å². The Bertz CT molecular complexity index is 678. The van der Waals surface area contributed by atoms with Gasteiger partial charge >= 0.3 is 0 Å². The third kappa shape index (κ3) is 1.52. The smallest absolute Gasteiger partial charge is 0.0535 e. The van der Waals surface area contributed by atoms with Crippen LogP contribution in [-0.4, -0.2) is 4.57 Å². The number of halogens is 1. The largest absolute Gasteiger partial charge is 0.317 e. The van der Waals surface area contributed by atoms with Gasteiger partial charge < -0.3 is 4.57 Å². The van der Waals surface area contributed by atoms with E-state index in [0.717, 1.165) is 4.47 Å². The second-order valence-corrected chi connectivity index (χ2v) is 5.15. The van der Waals surface area contributed by atoms with Crippen LogP contribution in [0, 0.1) is 6.92 Å². The Morgan fingerprint density at radius 1 is 1.06 bits per heavy atom. The second-order valence-electron chi connectivity index (χ2n) is 4.23. The van der Waals surface area contributed by atoms with E-state index in [4.69, 9.17) is 0 Å². The van der Waals surface area contributed by atoms with E-state index < -0.39 is 0 Å². The van der Waals surface area contributed by atoms with Crippen LogP contribution in [-0.2, 0) is 0 Å². The van der Waals surface area contributed by atoms with Gasteiger partial charge in [0.15, 0.2) is 0 Å². The molecular formula is C15H12BrN. The number of benzene rings is 2. The van der Waals surface area contributed by atoms with Crippen LogP contribution in [0.3, 0.4) is 0 Å². The highest BCUT2D eigenvalue weighted by Crippen LogP contribution is 2.31. The lowest BCUT2D eigenvalue weighted by Gasteiger charge is -1.98. The molecule has 0 saturated heterocycles. The van der Waals surface area contributed by atoms with E-state index in [1.54, 1.807) is 0 Å². The maximum absolute atomic E-state index is 3.90. The monoisotopic (exact) mass is 285 g/mol. The third-order valence-electron chi connectivity index (χ3n) is 3.10. The van der Waals surface area contributed by atoms with Crippen LogP contribution in [0.15, 0.2) is 47.4 Å². The Kier molecular flexibility index (Phi) is 2.33. The predicted molar refractivity (Wildman–Crippen MR) is 78.3 cm³/mol. The summed E-state index contributed by atoms with van der Waals surface area (Å²) in [7, 11) is 0. The molecule has 0 amide bonds. The molecule has 1 aromatic heterocycles. The average molecular weight is 286 g/mol. The van der Waals surface area contributed by atoms with Crippen LogP contribution < -0.4 is 0 Å². The molecule has 0 aliphatic carbocycles. The number of aromatic nitrogens is 1. The molecule has 3 rings (SSSR count). The molecule has 0 fully saturated rings. The van der Waals surface area contributed by atoms with Gasteiger partial charge in [0.25, 0.3) is 0 Å². The van der Waals surface area contributed by atoms with Gasteiger partial charge in [-0.1, -0.05) is 34.1 Å². The molecule has 0 N–H and O–H groups in total. The van der Waals surface area contributed by atoms with E-state index in [1.165, 1.54) is 27.4 Å². The van der Waals surface area contributed by atoms with Crippen LogP contribution in [0.4, 0.5) is 0 Å². The van der Waals surface area contributed by atoms with Gasteiger partial charge in [0.2, 0.25) is 0 Å². The molecule has 0 bridgehead atoms. The summed E-state index contributed by atoms with van der Waals surface area (Å²) in [6.07, 6.45) is 1.87. The Balaban J connectivity index is 2.61. The van der Waals surface area contributed by atoms with Crippen molar-refractivity contribution < 1.29 is 0 Å². The van der Waals surface area contributed by atoms with Crippen molar-refractivity contribution in [2.75, 3.05) is 0 Å². The highest BCUT2D eigenvalue weighted by atomic mass is 79.9. The number of hydrogen-bond acceptors (Lipinski definition) is 0. The summed E-state index contributed by atoms with van der Waals surface area (Å²) < 4.78 is 3.24. The molecule has 2 aromatic carbocycles. The molecule has 0 unspecified atom stereocenters. The van der Waals surface area contributed by atoms with Crippen molar-refractivity contribution in [1.29, 1.82) is 0 Å². The predicted octanol–water partition coefficient (Wildman–Crippen LogP) is 4.97. The molecule has 0 saturated carbocycles. The first-order chi connectivity index (χ1) is 8.20. The van der Waals surface area contributed by atoms with E-state index in [2.05, 4.69) is 70.4 Å². The Hall–Kier alpha value is -1.54.